The first-order valence-corrected chi connectivity index (χ1v) is 6.69. The number of aromatic nitrogens is 1. The molecule has 112 valence electrons. The van der Waals surface area contributed by atoms with Crippen molar-refractivity contribution in [3.05, 3.63) is 28.9 Å². The second kappa shape index (κ2) is 6.05. The number of fused-ring (bicyclic) bond motifs is 1. The van der Waals surface area contributed by atoms with Crippen LogP contribution in [-0.4, -0.2) is 29.7 Å². The highest BCUT2D eigenvalue weighted by Crippen LogP contribution is 2.34. The number of hydrogen-bond donors (Lipinski definition) is 1. The second-order valence-electron chi connectivity index (χ2n) is 4.37. The Labute approximate surface area is 126 Å². The van der Waals surface area contributed by atoms with Crippen molar-refractivity contribution < 1.29 is 19.1 Å². The van der Waals surface area contributed by atoms with E-state index in [1.807, 2.05) is 0 Å². The van der Waals surface area contributed by atoms with Crippen molar-refractivity contribution in [2.75, 3.05) is 13.2 Å². The maximum atomic E-state index is 11.9. The van der Waals surface area contributed by atoms with E-state index in [1.54, 1.807) is 36.7 Å². The molecule has 0 fully saturated rings. The molecule has 0 radical (unpaired) electrons. The quantitative estimate of drug-likeness (QED) is 0.855. The summed E-state index contributed by atoms with van der Waals surface area (Å²) in [5.74, 6) is -0.614. The van der Waals surface area contributed by atoms with E-state index in [0.29, 0.717) is 27.4 Å². The van der Waals surface area contributed by atoms with E-state index >= 15 is 0 Å². The van der Waals surface area contributed by atoms with Gasteiger partial charge in [-0.1, -0.05) is 11.6 Å². The van der Waals surface area contributed by atoms with Crippen LogP contribution in [0.5, 0.6) is 5.75 Å². The Balaban J connectivity index is 2.55. The van der Waals surface area contributed by atoms with E-state index in [0.717, 1.165) is 0 Å². The zero-order valence-corrected chi connectivity index (χ0v) is 12.4. The minimum atomic E-state index is -0.585. The van der Waals surface area contributed by atoms with Gasteiger partial charge >= 0.3 is 5.97 Å². The highest BCUT2D eigenvalue weighted by Gasteiger charge is 2.19. The highest BCUT2D eigenvalue weighted by atomic mass is 35.5. The largest absolute Gasteiger partial charge is 0.482 e. The van der Waals surface area contributed by atoms with Crippen molar-refractivity contribution >= 4 is 34.4 Å². The summed E-state index contributed by atoms with van der Waals surface area (Å²) in [6, 6.07) is 4.89. The third-order valence-electron chi connectivity index (χ3n) is 2.96. The van der Waals surface area contributed by atoms with Crippen LogP contribution in [0.3, 0.4) is 0 Å². The van der Waals surface area contributed by atoms with Crippen LogP contribution in [0.2, 0.25) is 5.02 Å². The molecule has 2 rings (SSSR count). The lowest BCUT2D eigenvalue weighted by Gasteiger charge is -2.09. The smallest absolute Gasteiger partial charge is 0.354 e. The molecule has 2 N–H and O–H groups in total. The minimum Gasteiger partial charge on any atom is -0.482 e. The summed E-state index contributed by atoms with van der Waals surface area (Å²) in [7, 11) is 1.70. The summed E-state index contributed by atoms with van der Waals surface area (Å²) >= 11 is 6.15. The summed E-state index contributed by atoms with van der Waals surface area (Å²) in [6.45, 7) is 1.75. The fourth-order valence-electron chi connectivity index (χ4n) is 2.07. The van der Waals surface area contributed by atoms with Gasteiger partial charge in [-0.15, -0.1) is 0 Å². The summed E-state index contributed by atoms with van der Waals surface area (Å²) < 4.78 is 12.0. The van der Waals surface area contributed by atoms with Gasteiger partial charge in [-0.25, -0.2) is 4.79 Å². The lowest BCUT2D eigenvalue weighted by atomic mass is 10.2. The standard InChI is InChI=1S/C14H15ClN2O4/c1-3-20-14(19)10-6-8-9(15)4-5-11(13(8)17(10)2)21-7-12(16)18/h4-6H,3,7H2,1-2H3,(H2,16,18). The molecule has 2 aromatic rings. The Kier molecular flexibility index (Phi) is 4.37. The molecule has 1 heterocycles. The predicted octanol–water partition coefficient (Wildman–Crippen LogP) is 1.87. The van der Waals surface area contributed by atoms with E-state index in [9.17, 15) is 9.59 Å². The SMILES string of the molecule is CCOC(=O)c1cc2c(Cl)ccc(OCC(N)=O)c2n1C. The highest BCUT2D eigenvalue weighted by molar-refractivity contribution is 6.35. The van der Waals surface area contributed by atoms with Crippen molar-refractivity contribution in [2.45, 2.75) is 6.92 Å². The van der Waals surface area contributed by atoms with Crippen molar-refractivity contribution in [3.8, 4) is 5.75 Å². The molecule has 0 saturated heterocycles. The summed E-state index contributed by atoms with van der Waals surface area (Å²) in [4.78, 5) is 22.8. The van der Waals surface area contributed by atoms with Gasteiger partial charge in [0.05, 0.1) is 17.1 Å². The average Bonchev–Trinajstić information content (AvgIpc) is 2.78. The van der Waals surface area contributed by atoms with Crippen LogP contribution in [-0.2, 0) is 16.6 Å². The Hall–Kier alpha value is -2.21. The molecule has 6 nitrogen and oxygen atoms in total. The minimum absolute atomic E-state index is 0.253. The number of benzene rings is 1. The van der Waals surface area contributed by atoms with Crippen LogP contribution in [0.25, 0.3) is 10.9 Å². The predicted molar refractivity (Wildman–Crippen MR) is 78.6 cm³/mol. The van der Waals surface area contributed by atoms with Gasteiger partial charge in [-0.3, -0.25) is 4.79 Å². The van der Waals surface area contributed by atoms with Gasteiger partial charge in [0.1, 0.15) is 11.4 Å². The van der Waals surface area contributed by atoms with Gasteiger partial charge in [0.2, 0.25) is 0 Å². The molecule has 1 aromatic heterocycles. The van der Waals surface area contributed by atoms with Crippen LogP contribution in [0.1, 0.15) is 17.4 Å². The van der Waals surface area contributed by atoms with Crippen LogP contribution in [0, 0.1) is 0 Å². The van der Waals surface area contributed by atoms with Crippen molar-refractivity contribution in [3.63, 3.8) is 0 Å². The first kappa shape index (κ1) is 15.2. The average molecular weight is 311 g/mol. The molecule has 0 aliphatic carbocycles. The number of carbonyl (C=O) groups excluding carboxylic acids is 2. The number of aryl methyl sites for hydroxylation is 1. The molecule has 1 amide bonds. The van der Waals surface area contributed by atoms with Gasteiger partial charge in [-0.2, -0.15) is 0 Å². The van der Waals surface area contributed by atoms with Crippen molar-refractivity contribution in [2.24, 2.45) is 12.8 Å². The molecular formula is C14H15ClN2O4. The Bertz CT molecular complexity index is 709. The first-order valence-electron chi connectivity index (χ1n) is 6.31. The van der Waals surface area contributed by atoms with Gasteiger partial charge in [-0.05, 0) is 25.1 Å². The maximum absolute atomic E-state index is 11.9. The number of carbonyl (C=O) groups is 2. The maximum Gasteiger partial charge on any atom is 0.354 e. The number of rotatable bonds is 5. The Morgan fingerprint density at radius 1 is 1.38 bits per heavy atom. The zero-order chi connectivity index (χ0) is 15.6. The van der Waals surface area contributed by atoms with Gasteiger partial charge in [0, 0.05) is 12.4 Å². The van der Waals surface area contributed by atoms with Crippen LogP contribution < -0.4 is 10.5 Å². The van der Waals surface area contributed by atoms with Crippen LogP contribution >= 0.6 is 11.6 Å². The van der Waals surface area contributed by atoms with E-state index in [2.05, 4.69) is 0 Å². The van der Waals surface area contributed by atoms with E-state index in [4.69, 9.17) is 26.8 Å². The molecule has 7 heteroatoms. The number of primary amides is 1. The number of ether oxygens (including phenoxy) is 2. The van der Waals surface area contributed by atoms with E-state index in [-0.39, 0.29) is 13.2 Å². The van der Waals surface area contributed by atoms with Gasteiger partial charge < -0.3 is 19.8 Å². The molecule has 0 spiro atoms. The summed E-state index contributed by atoms with van der Waals surface area (Å²) in [6.07, 6.45) is 0. The molecule has 1 aromatic carbocycles. The molecule has 0 bridgehead atoms. The fraction of sp³-hybridized carbons (Fsp3) is 0.286. The number of halogens is 1. The molecule has 0 atom stereocenters. The second-order valence-corrected chi connectivity index (χ2v) is 4.78. The fourth-order valence-corrected chi connectivity index (χ4v) is 2.27. The van der Waals surface area contributed by atoms with E-state index < -0.39 is 11.9 Å². The number of nitrogens with two attached hydrogens (primary N) is 1. The molecular weight excluding hydrogens is 296 g/mol. The van der Waals surface area contributed by atoms with E-state index in [1.165, 1.54) is 0 Å². The number of nitrogens with zero attached hydrogens (tertiary/aromatic N) is 1. The Morgan fingerprint density at radius 3 is 2.71 bits per heavy atom. The number of esters is 1. The third-order valence-corrected chi connectivity index (χ3v) is 3.29. The molecule has 0 aliphatic rings. The molecule has 21 heavy (non-hydrogen) atoms. The third kappa shape index (κ3) is 2.95. The summed E-state index contributed by atoms with van der Waals surface area (Å²) in [5, 5.41) is 1.12. The van der Waals surface area contributed by atoms with Gasteiger partial charge in [0.15, 0.2) is 6.61 Å². The van der Waals surface area contributed by atoms with Crippen molar-refractivity contribution in [1.29, 1.82) is 0 Å². The van der Waals surface area contributed by atoms with Crippen molar-refractivity contribution in [1.82, 2.24) is 4.57 Å². The molecule has 0 saturated carbocycles. The first-order chi connectivity index (χ1) is 9.95. The molecule has 0 aliphatic heterocycles. The van der Waals surface area contributed by atoms with Crippen LogP contribution in [0.4, 0.5) is 0 Å². The monoisotopic (exact) mass is 310 g/mol. The lowest BCUT2D eigenvalue weighted by Crippen LogP contribution is -2.20. The Morgan fingerprint density at radius 2 is 2.10 bits per heavy atom. The van der Waals surface area contributed by atoms with Gasteiger partial charge in [0.25, 0.3) is 5.91 Å². The van der Waals surface area contributed by atoms with Crippen LogP contribution in [0.15, 0.2) is 18.2 Å². The lowest BCUT2D eigenvalue weighted by molar-refractivity contribution is -0.119. The number of hydrogen-bond acceptors (Lipinski definition) is 4. The molecule has 0 unspecified atom stereocenters. The zero-order valence-electron chi connectivity index (χ0n) is 11.7. The normalized spacial score (nSPS) is 10.6. The summed E-state index contributed by atoms with van der Waals surface area (Å²) in [5.41, 5.74) is 6.03. The number of amides is 1. The topological polar surface area (TPSA) is 83.6 Å².